The van der Waals surface area contributed by atoms with Crippen molar-refractivity contribution >= 4 is 21.6 Å². The molecule has 0 radical (unpaired) electrons. The molecule has 168 valence electrons. The highest BCUT2D eigenvalue weighted by Gasteiger charge is 2.46. The molecule has 31 heavy (non-hydrogen) atoms. The number of carbonyl (C=O) groups is 1. The number of rotatable bonds is 7. The van der Waals surface area contributed by atoms with E-state index in [1.165, 1.54) is 4.31 Å². The molecule has 1 saturated heterocycles. The normalized spacial score (nSPS) is 19.6. The standard InChI is InChI=1S/C24H33N3O3S/c1-6-23(28)27-19(5)17-26(31(29,30)22-15-9-18(4)10-16-22)24(27)20-11-13-21(14-12-20)25(7-2)8-3/h9-16,19,24H,6-8,17H2,1-5H3/t19-,24-/m0/s1. The lowest BCUT2D eigenvalue weighted by atomic mass is 10.1. The Balaban J connectivity index is 2.06. The Kier molecular flexibility index (Phi) is 7.06. The number of anilines is 1. The molecule has 7 heteroatoms. The summed E-state index contributed by atoms with van der Waals surface area (Å²) in [5.41, 5.74) is 2.89. The fourth-order valence-corrected chi connectivity index (χ4v) is 5.89. The molecule has 1 amide bonds. The van der Waals surface area contributed by atoms with Gasteiger partial charge in [0, 0.05) is 37.8 Å². The molecule has 3 rings (SSSR count). The van der Waals surface area contributed by atoms with E-state index in [0.717, 1.165) is 29.9 Å². The highest BCUT2D eigenvalue weighted by atomic mass is 32.2. The number of hydrogen-bond donors (Lipinski definition) is 0. The molecule has 0 aliphatic carbocycles. The van der Waals surface area contributed by atoms with Crippen LogP contribution in [0.4, 0.5) is 5.69 Å². The van der Waals surface area contributed by atoms with Gasteiger partial charge < -0.3 is 9.80 Å². The van der Waals surface area contributed by atoms with Crippen LogP contribution in [0.15, 0.2) is 53.4 Å². The third kappa shape index (κ3) is 4.48. The van der Waals surface area contributed by atoms with Crippen LogP contribution in [-0.2, 0) is 14.8 Å². The molecule has 1 fully saturated rings. The number of sulfonamides is 1. The lowest BCUT2D eigenvalue weighted by Gasteiger charge is -2.32. The first-order valence-corrected chi connectivity index (χ1v) is 12.4. The molecule has 2 aromatic carbocycles. The maximum Gasteiger partial charge on any atom is 0.245 e. The zero-order chi connectivity index (χ0) is 22.8. The van der Waals surface area contributed by atoms with E-state index in [1.807, 2.05) is 45.0 Å². The van der Waals surface area contributed by atoms with Gasteiger partial charge in [-0.2, -0.15) is 4.31 Å². The largest absolute Gasteiger partial charge is 0.372 e. The maximum atomic E-state index is 13.6. The zero-order valence-corrected chi connectivity index (χ0v) is 19.9. The van der Waals surface area contributed by atoms with E-state index in [9.17, 15) is 13.2 Å². The summed E-state index contributed by atoms with van der Waals surface area (Å²) in [6.45, 7) is 11.9. The van der Waals surface area contributed by atoms with Gasteiger partial charge in [0.25, 0.3) is 0 Å². The van der Waals surface area contributed by atoms with Gasteiger partial charge in [0.05, 0.1) is 4.90 Å². The lowest BCUT2D eigenvalue weighted by Crippen LogP contribution is -2.39. The maximum absolute atomic E-state index is 13.6. The summed E-state index contributed by atoms with van der Waals surface area (Å²) in [6, 6.07) is 14.6. The molecular formula is C24H33N3O3S. The van der Waals surface area contributed by atoms with Gasteiger partial charge in [-0.05, 0) is 57.5 Å². The van der Waals surface area contributed by atoms with E-state index >= 15 is 0 Å². The predicted octanol–water partition coefficient (Wildman–Crippen LogP) is 4.17. The van der Waals surface area contributed by atoms with Gasteiger partial charge >= 0.3 is 0 Å². The van der Waals surface area contributed by atoms with Crippen molar-refractivity contribution in [3.8, 4) is 0 Å². The van der Waals surface area contributed by atoms with Crippen molar-refractivity contribution in [2.45, 2.75) is 58.1 Å². The first kappa shape index (κ1) is 23.3. The second-order valence-corrected chi connectivity index (χ2v) is 9.92. The predicted molar refractivity (Wildman–Crippen MR) is 124 cm³/mol. The molecule has 2 atom stereocenters. The van der Waals surface area contributed by atoms with Gasteiger partial charge in [-0.3, -0.25) is 4.79 Å². The summed E-state index contributed by atoms with van der Waals surface area (Å²) in [5, 5.41) is 0. The Bertz CT molecular complexity index is 999. The van der Waals surface area contributed by atoms with E-state index < -0.39 is 16.2 Å². The molecule has 6 nitrogen and oxygen atoms in total. The van der Waals surface area contributed by atoms with Crippen LogP contribution in [0.25, 0.3) is 0 Å². The molecule has 1 aliphatic heterocycles. The Morgan fingerprint density at radius 1 is 1.00 bits per heavy atom. The van der Waals surface area contributed by atoms with Crippen LogP contribution < -0.4 is 4.90 Å². The summed E-state index contributed by atoms with van der Waals surface area (Å²) in [7, 11) is -3.77. The SMILES string of the molecule is CCC(=O)N1[C@@H](c2ccc(N(CC)CC)cc2)N(S(=O)(=O)c2ccc(C)cc2)C[C@@H]1C. The first-order valence-electron chi connectivity index (χ1n) is 11.0. The molecule has 0 aromatic heterocycles. The van der Waals surface area contributed by atoms with E-state index in [2.05, 4.69) is 18.7 Å². The highest BCUT2D eigenvalue weighted by molar-refractivity contribution is 7.89. The summed E-state index contributed by atoms with van der Waals surface area (Å²) in [4.78, 5) is 17.0. The number of nitrogens with zero attached hydrogens (tertiary/aromatic N) is 3. The van der Waals surface area contributed by atoms with E-state index in [-0.39, 0.29) is 23.4 Å². The van der Waals surface area contributed by atoms with E-state index in [1.54, 1.807) is 29.2 Å². The van der Waals surface area contributed by atoms with Crippen molar-refractivity contribution in [2.75, 3.05) is 24.5 Å². The van der Waals surface area contributed by atoms with Gasteiger partial charge in [0.1, 0.15) is 6.17 Å². The van der Waals surface area contributed by atoms with Crippen molar-refractivity contribution in [2.24, 2.45) is 0 Å². The van der Waals surface area contributed by atoms with Crippen LogP contribution in [0, 0.1) is 6.92 Å². The smallest absolute Gasteiger partial charge is 0.245 e. The van der Waals surface area contributed by atoms with Gasteiger partial charge in [0.2, 0.25) is 15.9 Å². The molecule has 0 spiro atoms. The monoisotopic (exact) mass is 443 g/mol. The quantitative estimate of drug-likeness (QED) is 0.644. The fraction of sp³-hybridized carbons (Fsp3) is 0.458. The molecular weight excluding hydrogens is 410 g/mol. The number of hydrogen-bond acceptors (Lipinski definition) is 4. The van der Waals surface area contributed by atoms with Crippen molar-refractivity contribution in [3.63, 3.8) is 0 Å². The minimum absolute atomic E-state index is 0.0491. The van der Waals surface area contributed by atoms with E-state index in [0.29, 0.717) is 6.42 Å². The summed E-state index contributed by atoms with van der Waals surface area (Å²) in [5.74, 6) is -0.0491. The number of carbonyl (C=O) groups excluding carboxylic acids is 1. The number of amides is 1. The average molecular weight is 444 g/mol. The lowest BCUT2D eigenvalue weighted by molar-refractivity contribution is -0.134. The second kappa shape index (κ2) is 9.40. The van der Waals surface area contributed by atoms with E-state index in [4.69, 9.17) is 0 Å². The molecule has 0 saturated carbocycles. The van der Waals surface area contributed by atoms with Crippen LogP contribution in [-0.4, -0.2) is 49.2 Å². The Morgan fingerprint density at radius 3 is 2.10 bits per heavy atom. The average Bonchev–Trinajstić information content (AvgIpc) is 3.13. The molecule has 0 bridgehead atoms. The topological polar surface area (TPSA) is 60.9 Å². The van der Waals surface area contributed by atoms with Crippen molar-refractivity contribution in [1.29, 1.82) is 0 Å². The highest BCUT2D eigenvalue weighted by Crippen LogP contribution is 2.38. The number of benzene rings is 2. The summed E-state index contributed by atoms with van der Waals surface area (Å²) >= 11 is 0. The molecule has 1 heterocycles. The molecule has 0 N–H and O–H groups in total. The van der Waals surface area contributed by atoms with Gasteiger partial charge in [0.15, 0.2) is 0 Å². The van der Waals surface area contributed by atoms with Crippen molar-refractivity contribution in [1.82, 2.24) is 9.21 Å². The zero-order valence-electron chi connectivity index (χ0n) is 19.1. The minimum atomic E-state index is -3.77. The van der Waals surface area contributed by atoms with Gasteiger partial charge in [-0.15, -0.1) is 0 Å². The van der Waals surface area contributed by atoms with Crippen molar-refractivity contribution < 1.29 is 13.2 Å². The Labute approximate surface area is 186 Å². The summed E-state index contributed by atoms with van der Waals surface area (Å²) < 4.78 is 28.6. The van der Waals surface area contributed by atoms with Gasteiger partial charge in [-0.1, -0.05) is 36.8 Å². The number of aryl methyl sites for hydroxylation is 1. The first-order chi connectivity index (χ1) is 14.7. The van der Waals surface area contributed by atoms with Crippen molar-refractivity contribution in [3.05, 3.63) is 59.7 Å². The fourth-order valence-electron chi connectivity index (χ4n) is 4.24. The van der Waals surface area contributed by atoms with Crippen LogP contribution in [0.2, 0.25) is 0 Å². The van der Waals surface area contributed by atoms with Crippen LogP contribution in [0.3, 0.4) is 0 Å². The Hall–Kier alpha value is -2.38. The molecule has 2 aromatic rings. The second-order valence-electron chi connectivity index (χ2n) is 8.03. The van der Waals surface area contributed by atoms with Crippen LogP contribution in [0.1, 0.15) is 51.4 Å². The molecule has 1 aliphatic rings. The third-order valence-corrected chi connectivity index (χ3v) is 7.83. The summed E-state index contributed by atoms with van der Waals surface area (Å²) in [6.07, 6.45) is -0.323. The van der Waals surface area contributed by atoms with Crippen LogP contribution in [0.5, 0.6) is 0 Å². The van der Waals surface area contributed by atoms with Crippen LogP contribution >= 0.6 is 0 Å². The third-order valence-electron chi connectivity index (χ3n) is 5.99. The van der Waals surface area contributed by atoms with Gasteiger partial charge in [-0.25, -0.2) is 8.42 Å². The Morgan fingerprint density at radius 2 is 1.58 bits per heavy atom. The minimum Gasteiger partial charge on any atom is -0.372 e. The molecule has 0 unspecified atom stereocenters.